The van der Waals surface area contributed by atoms with Gasteiger partial charge in [-0.05, 0) is 61.0 Å². The maximum atomic E-state index is 13.2. The van der Waals surface area contributed by atoms with Crippen LogP contribution in [0.15, 0.2) is 72.4 Å². The van der Waals surface area contributed by atoms with Crippen LogP contribution in [0, 0.1) is 12.7 Å². The molecule has 1 aromatic heterocycles. The lowest BCUT2D eigenvalue weighted by molar-refractivity contribution is -0.122. The molecule has 1 N–H and O–H groups in total. The van der Waals surface area contributed by atoms with E-state index in [1.165, 1.54) is 18.2 Å². The summed E-state index contributed by atoms with van der Waals surface area (Å²) < 4.78 is 20.9. The summed E-state index contributed by atoms with van der Waals surface area (Å²) in [4.78, 5) is 38.4. The molecule has 7 nitrogen and oxygen atoms in total. The summed E-state index contributed by atoms with van der Waals surface area (Å²) in [6.45, 7) is 2.83. The van der Waals surface area contributed by atoms with Gasteiger partial charge in [-0.15, -0.1) is 0 Å². The molecule has 1 aliphatic rings. The van der Waals surface area contributed by atoms with E-state index < -0.39 is 23.7 Å². The van der Waals surface area contributed by atoms with E-state index in [9.17, 15) is 18.8 Å². The number of nitrogens with zero attached hydrogens (tertiary/aromatic N) is 2. The molecule has 4 rings (SSSR count). The number of hydrogen-bond acceptors (Lipinski definition) is 4. The lowest BCUT2D eigenvalue weighted by Crippen LogP contribution is -2.54. The van der Waals surface area contributed by atoms with E-state index in [-0.39, 0.29) is 11.3 Å². The van der Waals surface area contributed by atoms with Gasteiger partial charge in [0.2, 0.25) is 0 Å². The van der Waals surface area contributed by atoms with Gasteiger partial charge in [-0.1, -0.05) is 18.2 Å². The maximum absolute atomic E-state index is 13.2. The van der Waals surface area contributed by atoms with Crippen molar-refractivity contribution in [1.82, 2.24) is 9.88 Å². The second kappa shape index (κ2) is 8.89. The van der Waals surface area contributed by atoms with E-state index in [2.05, 4.69) is 5.32 Å². The Morgan fingerprint density at radius 1 is 1.00 bits per heavy atom. The van der Waals surface area contributed by atoms with Crippen LogP contribution in [0.2, 0.25) is 0 Å². The molecule has 0 atom stereocenters. The summed E-state index contributed by atoms with van der Waals surface area (Å²) >= 11 is 0. The van der Waals surface area contributed by atoms with Gasteiger partial charge < -0.3 is 9.30 Å². The molecule has 0 radical (unpaired) electrons. The topological polar surface area (TPSA) is 80.6 Å². The standard InChI is InChI=1S/C24H20FN3O4/c1-16-5-2-3-7-21(16)32-14-13-27-12-4-6-19(27)15-20-22(29)26-24(31)28(23(20)30)18-10-8-17(25)9-11-18/h2-12,15H,13-14H2,1H3,(H,26,29,31)/b20-15+. The number of urea groups is 1. The second-order valence-corrected chi connectivity index (χ2v) is 7.17. The minimum absolute atomic E-state index is 0.161. The minimum atomic E-state index is -0.884. The number of ether oxygens (including phenoxy) is 1. The number of carbonyl (C=O) groups excluding carboxylic acids is 3. The minimum Gasteiger partial charge on any atom is -0.491 e. The van der Waals surface area contributed by atoms with Crippen LogP contribution < -0.4 is 15.0 Å². The monoisotopic (exact) mass is 433 g/mol. The highest BCUT2D eigenvalue weighted by molar-refractivity contribution is 6.39. The summed E-state index contributed by atoms with van der Waals surface area (Å²) in [6.07, 6.45) is 3.23. The number of aryl methyl sites for hydroxylation is 1. The Hall–Kier alpha value is -4.20. The van der Waals surface area contributed by atoms with Gasteiger partial charge in [0.1, 0.15) is 23.7 Å². The fourth-order valence-corrected chi connectivity index (χ4v) is 3.36. The highest BCUT2D eigenvalue weighted by atomic mass is 19.1. The molecule has 0 bridgehead atoms. The number of barbiturate groups is 1. The first kappa shape index (κ1) is 21.0. The maximum Gasteiger partial charge on any atom is 0.335 e. The van der Waals surface area contributed by atoms with E-state index in [4.69, 9.17) is 4.74 Å². The molecule has 0 unspecified atom stereocenters. The highest BCUT2D eigenvalue weighted by Gasteiger charge is 2.36. The third kappa shape index (κ3) is 4.29. The molecule has 32 heavy (non-hydrogen) atoms. The number of benzene rings is 2. The van der Waals surface area contributed by atoms with Crippen LogP contribution in [0.5, 0.6) is 5.75 Å². The largest absolute Gasteiger partial charge is 0.491 e. The molecule has 3 aromatic rings. The Morgan fingerprint density at radius 3 is 2.50 bits per heavy atom. The van der Waals surface area contributed by atoms with E-state index in [1.54, 1.807) is 12.1 Å². The number of amides is 4. The molecule has 1 saturated heterocycles. The Bertz CT molecular complexity index is 1210. The van der Waals surface area contributed by atoms with Crippen LogP contribution in [-0.2, 0) is 16.1 Å². The molecule has 4 amide bonds. The van der Waals surface area contributed by atoms with Crippen molar-refractivity contribution in [2.45, 2.75) is 13.5 Å². The summed E-state index contributed by atoms with van der Waals surface area (Å²) in [5.41, 5.74) is 1.59. The molecular formula is C24H20FN3O4. The second-order valence-electron chi connectivity index (χ2n) is 7.17. The number of carbonyl (C=O) groups is 3. The van der Waals surface area contributed by atoms with Crippen LogP contribution in [0.1, 0.15) is 11.3 Å². The van der Waals surface area contributed by atoms with Gasteiger partial charge in [0.05, 0.1) is 12.2 Å². The van der Waals surface area contributed by atoms with E-state index in [1.807, 2.05) is 42.0 Å². The third-order valence-electron chi connectivity index (χ3n) is 5.03. The molecule has 2 heterocycles. The van der Waals surface area contributed by atoms with Gasteiger partial charge in [0.15, 0.2) is 0 Å². The molecular weight excluding hydrogens is 413 g/mol. The van der Waals surface area contributed by atoms with Crippen molar-refractivity contribution in [3.05, 3.63) is 89.5 Å². The number of anilines is 1. The van der Waals surface area contributed by atoms with Gasteiger partial charge in [-0.3, -0.25) is 14.9 Å². The molecule has 0 spiro atoms. The van der Waals surface area contributed by atoms with E-state index >= 15 is 0 Å². The number of halogens is 1. The fraction of sp³-hybridized carbons (Fsp3) is 0.125. The number of nitrogens with one attached hydrogen (secondary N) is 1. The number of para-hydroxylation sites is 1. The van der Waals surface area contributed by atoms with Crippen molar-refractivity contribution in [3.63, 3.8) is 0 Å². The first-order valence-electron chi connectivity index (χ1n) is 9.94. The number of hydrogen-bond donors (Lipinski definition) is 1. The smallest absolute Gasteiger partial charge is 0.335 e. The van der Waals surface area contributed by atoms with Crippen LogP contribution >= 0.6 is 0 Å². The zero-order valence-corrected chi connectivity index (χ0v) is 17.2. The van der Waals surface area contributed by atoms with Gasteiger partial charge >= 0.3 is 6.03 Å². The van der Waals surface area contributed by atoms with Gasteiger partial charge in [-0.25, -0.2) is 14.1 Å². The van der Waals surface area contributed by atoms with Crippen molar-refractivity contribution in [3.8, 4) is 5.75 Å². The van der Waals surface area contributed by atoms with Crippen LogP contribution in [-0.4, -0.2) is 29.0 Å². The Labute approximate surface area is 183 Å². The zero-order chi connectivity index (χ0) is 22.7. The van der Waals surface area contributed by atoms with Crippen LogP contribution in [0.3, 0.4) is 0 Å². The molecule has 1 aliphatic heterocycles. The number of aromatic nitrogens is 1. The first-order chi connectivity index (χ1) is 15.4. The predicted octanol–water partition coefficient (Wildman–Crippen LogP) is 3.68. The quantitative estimate of drug-likeness (QED) is 0.475. The Balaban J connectivity index is 1.54. The van der Waals surface area contributed by atoms with Crippen molar-refractivity contribution in [2.75, 3.05) is 11.5 Å². The summed E-state index contributed by atoms with van der Waals surface area (Å²) in [5.74, 6) is -1.29. The van der Waals surface area contributed by atoms with E-state index in [0.29, 0.717) is 18.8 Å². The van der Waals surface area contributed by atoms with Crippen LogP contribution in [0.4, 0.5) is 14.9 Å². The van der Waals surface area contributed by atoms with E-state index in [0.717, 1.165) is 28.3 Å². The van der Waals surface area contributed by atoms with Crippen LogP contribution in [0.25, 0.3) is 6.08 Å². The number of imide groups is 2. The molecule has 162 valence electrons. The SMILES string of the molecule is Cc1ccccc1OCCn1cccc1/C=C1\C(=O)NC(=O)N(c2ccc(F)cc2)C1=O. The van der Waals surface area contributed by atoms with Crippen molar-refractivity contribution < 1.29 is 23.5 Å². The molecule has 8 heteroatoms. The predicted molar refractivity (Wildman–Crippen MR) is 117 cm³/mol. The highest BCUT2D eigenvalue weighted by Crippen LogP contribution is 2.22. The normalized spacial score (nSPS) is 15.2. The third-order valence-corrected chi connectivity index (χ3v) is 5.03. The fourth-order valence-electron chi connectivity index (χ4n) is 3.36. The first-order valence-corrected chi connectivity index (χ1v) is 9.94. The van der Waals surface area contributed by atoms with Gasteiger partial charge in [0.25, 0.3) is 11.8 Å². The average Bonchev–Trinajstić information content (AvgIpc) is 3.21. The Kier molecular flexibility index (Phi) is 5.85. The van der Waals surface area contributed by atoms with Crippen molar-refractivity contribution >= 4 is 29.6 Å². The summed E-state index contributed by atoms with van der Waals surface area (Å²) in [7, 11) is 0. The lowest BCUT2D eigenvalue weighted by atomic mass is 10.1. The zero-order valence-electron chi connectivity index (χ0n) is 17.2. The van der Waals surface area contributed by atoms with Gasteiger partial charge in [0, 0.05) is 11.9 Å². The molecule has 0 saturated carbocycles. The molecule has 2 aromatic carbocycles. The summed E-state index contributed by atoms with van der Waals surface area (Å²) in [5, 5.41) is 2.16. The summed E-state index contributed by atoms with van der Waals surface area (Å²) in [6, 6.07) is 15.2. The van der Waals surface area contributed by atoms with Crippen molar-refractivity contribution in [1.29, 1.82) is 0 Å². The molecule has 1 fully saturated rings. The van der Waals surface area contributed by atoms with Crippen molar-refractivity contribution in [2.24, 2.45) is 0 Å². The average molecular weight is 433 g/mol. The molecule has 0 aliphatic carbocycles. The Morgan fingerprint density at radius 2 is 1.75 bits per heavy atom. The lowest BCUT2D eigenvalue weighted by Gasteiger charge is -2.26. The van der Waals surface area contributed by atoms with Gasteiger partial charge in [-0.2, -0.15) is 0 Å². The number of rotatable bonds is 6.